The molecule has 1 heterocycles. The Hall–Kier alpha value is -2.14. The molecule has 0 bridgehead atoms. The molecule has 0 spiro atoms. The van der Waals surface area contributed by atoms with Gasteiger partial charge in [0.25, 0.3) is 5.91 Å². The number of aryl methyl sites for hydroxylation is 2. The molecule has 0 saturated heterocycles. The van der Waals surface area contributed by atoms with E-state index in [4.69, 9.17) is 9.94 Å². The molecule has 0 unspecified atom stereocenters. The maximum absolute atomic E-state index is 11.6. The number of nitrogens with one attached hydrogen (secondary N) is 1. The molecule has 0 aliphatic rings. The van der Waals surface area contributed by atoms with Crippen LogP contribution in [0, 0.1) is 13.8 Å². The Morgan fingerprint density at radius 2 is 2.06 bits per heavy atom. The number of rotatable bonds is 2. The van der Waals surface area contributed by atoms with Gasteiger partial charge >= 0.3 is 0 Å². The Bertz CT molecular complexity index is 623. The number of aromatic nitrogens is 1. The summed E-state index contributed by atoms with van der Waals surface area (Å²) >= 11 is 0. The van der Waals surface area contributed by atoms with Gasteiger partial charge in [-0.25, -0.2) is 5.48 Å². The number of pyridine rings is 1. The van der Waals surface area contributed by atoms with E-state index >= 15 is 0 Å². The van der Waals surface area contributed by atoms with Gasteiger partial charge < -0.3 is 4.74 Å². The lowest BCUT2D eigenvalue weighted by Crippen LogP contribution is -2.19. The zero-order chi connectivity index (χ0) is 13.3. The molecule has 0 atom stereocenters. The summed E-state index contributed by atoms with van der Waals surface area (Å²) in [6, 6.07) is 5.39. The zero-order valence-electron chi connectivity index (χ0n) is 10.4. The van der Waals surface area contributed by atoms with Crippen molar-refractivity contribution in [2.75, 3.05) is 7.11 Å². The molecule has 5 heteroatoms. The third-order valence-corrected chi connectivity index (χ3v) is 2.71. The third-order valence-electron chi connectivity index (χ3n) is 2.71. The van der Waals surface area contributed by atoms with Crippen molar-refractivity contribution in [3.05, 3.63) is 35.0 Å². The van der Waals surface area contributed by atoms with Gasteiger partial charge in [0.05, 0.1) is 18.2 Å². The molecule has 18 heavy (non-hydrogen) atoms. The standard InChI is InChI=1S/C13H14N2O3/c1-7-4-9-11(18-3)6-8(2)14-12(9)10(5-7)13(16)15-17/h4-6,17H,1-3H3,(H,15,16). The van der Waals surface area contributed by atoms with Crippen LogP contribution in [-0.2, 0) is 0 Å². The second kappa shape index (κ2) is 4.62. The van der Waals surface area contributed by atoms with Gasteiger partial charge in [0.2, 0.25) is 0 Å². The van der Waals surface area contributed by atoms with Crippen molar-refractivity contribution in [1.82, 2.24) is 10.5 Å². The molecular weight excluding hydrogens is 232 g/mol. The number of amides is 1. The Labute approximate surface area is 104 Å². The van der Waals surface area contributed by atoms with Crippen molar-refractivity contribution in [2.45, 2.75) is 13.8 Å². The topological polar surface area (TPSA) is 71.5 Å². The number of ether oxygens (including phenoxy) is 1. The van der Waals surface area contributed by atoms with E-state index in [2.05, 4.69) is 4.98 Å². The Morgan fingerprint density at radius 3 is 2.67 bits per heavy atom. The van der Waals surface area contributed by atoms with E-state index in [1.165, 1.54) is 0 Å². The average molecular weight is 246 g/mol. The first kappa shape index (κ1) is 12.3. The summed E-state index contributed by atoms with van der Waals surface area (Å²) in [4.78, 5) is 16.0. The van der Waals surface area contributed by atoms with E-state index in [1.807, 2.05) is 26.0 Å². The smallest absolute Gasteiger partial charge is 0.276 e. The molecule has 1 amide bonds. The van der Waals surface area contributed by atoms with E-state index in [1.54, 1.807) is 18.7 Å². The highest BCUT2D eigenvalue weighted by Gasteiger charge is 2.14. The van der Waals surface area contributed by atoms with Crippen LogP contribution in [0.5, 0.6) is 5.75 Å². The molecule has 1 aromatic heterocycles. The lowest BCUT2D eigenvalue weighted by molar-refractivity contribution is 0.0708. The number of hydrogen-bond donors (Lipinski definition) is 2. The number of nitrogens with zero attached hydrogens (tertiary/aromatic N) is 1. The fraction of sp³-hybridized carbons (Fsp3) is 0.231. The van der Waals surface area contributed by atoms with Gasteiger partial charge in [-0.05, 0) is 31.5 Å². The number of methoxy groups -OCH3 is 1. The number of hydroxylamine groups is 1. The number of hydrogen-bond acceptors (Lipinski definition) is 4. The van der Waals surface area contributed by atoms with Gasteiger partial charge in [0.15, 0.2) is 0 Å². The van der Waals surface area contributed by atoms with Crippen LogP contribution in [0.15, 0.2) is 18.2 Å². The van der Waals surface area contributed by atoms with Gasteiger partial charge in [-0.1, -0.05) is 0 Å². The average Bonchev–Trinajstić information content (AvgIpc) is 2.36. The van der Waals surface area contributed by atoms with Crippen molar-refractivity contribution in [3.8, 4) is 5.75 Å². The van der Waals surface area contributed by atoms with Gasteiger partial charge in [0, 0.05) is 17.1 Å². The zero-order valence-corrected chi connectivity index (χ0v) is 10.4. The summed E-state index contributed by atoms with van der Waals surface area (Å²) in [6.45, 7) is 3.69. The summed E-state index contributed by atoms with van der Waals surface area (Å²) in [7, 11) is 1.57. The van der Waals surface area contributed by atoms with Crippen molar-refractivity contribution < 1.29 is 14.7 Å². The van der Waals surface area contributed by atoms with Crippen LogP contribution in [0.25, 0.3) is 10.9 Å². The largest absolute Gasteiger partial charge is 0.496 e. The molecule has 2 rings (SSSR count). The maximum Gasteiger partial charge on any atom is 0.276 e. The molecule has 0 aliphatic carbocycles. The molecule has 2 aromatic rings. The highest BCUT2D eigenvalue weighted by atomic mass is 16.5. The summed E-state index contributed by atoms with van der Waals surface area (Å²) < 4.78 is 5.30. The van der Waals surface area contributed by atoms with E-state index in [0.717, 1.165) is 16.6 Å². The van der Waals surface area contributed by atoms with E-state index in [-0.39, 0.29) is 0 Å². The predicted molar refractivity (Wildman–Crippen MR) is 67.0 cm³/mol. The fourth-order valence-electron chi connectivity index (χ4n) is 1.97. The normalized spacial score (nSPS) is 10.4. The van der Waals surface area contributed by atoms with Crippen LogP contribution in [0.2, 0.25) is 0 Å². The third kappa shape index (κ3) is 2.00. The molecule has 0 aliphatic heterocycles. The minimum atomic E-state index is -0.580. The molecule has 94 valence electrons. The van der Waals surface area contributed by atoms with Crippen molar-refractivity contribution in [2.24, 2.45) is 0 Å². The highest BCUT2D eigenvalue weighted by molar-refractivity contribution is 6.06. The molecule has 2 N–H and O–H groups in total. The SMILES string of the molecule is COc1cc(C)nc2c(C(=O)NO)cc(C)cc12. The second-order valence-electron chi connectivity index (χ2n) is 4.12. The minimum absolute atomic E-state index is 0.328. The molecule has 0 fully saturated rings. The van der Waals surface area contributed by atoms with E-state index in [0.29, 0.717) is 16.8 Å². The van der Waals surface area contributed by atoms with Gasteiger partial charge in [-0.3, -0.25) is 15.0 Å². The molecule has 1 aromatic carbocycles. The van der Waals surface area contributed by atoms with Crippen LogP contribution in [0.3, 0.4) is 0 Å². The molecular formula is C13H14N2O3. The number of benzene rings is 1. The number of carbonyl (C=O) groups is 1. The van der Waals surface area contributed by atoms with Crippen LogP contribution in [-0.4, -0.2) is 23.2 Å². The predicted octanol–water partition coefficient (Wildman–Crippen LogP) is 1.98. The van der Waals surface area contributed by atoms with E-state index in [9.17, 15) is 4.79 Å². The van der Waals surface area contributed by atoms with Crippen LogP contribution >= 0.6 is 0 Å². The lowest BCUT2D eigenvalue weighted by Gasteiger charge is -2.10. The Kier molecular flexibility index (Phi) is 3.16. The summed E-state index contributed by atoms with van der Waals surface area (Å²) in [5.74, 6) is 0.0806. The number of carbonyl (C=O) groups excluding carboxylic acids is 1. The van der Waals surface area contributed by atoms with Gasteiger partial charge in [-0.2, -0.15) is 0 Å². The van der Waals surface area contributed by atoms with Crippen molar-refractivity contribution in [1.29, 1.82) is 0 Å². The van der Waals surface area contributed by atoms with Crippen LogP contribution in [0.4, 0.5) is 0 Å². The summed E-state index contributed by atoms with van der Waals surface area (Å²) in [5, 5.41) is 9.53. The van der Waals surface area contributed by atoms with E-state index < -0.39 is 5.91 Å². The second-order valence-corrected chi connectivity index (χ2v) is 4.12. The Morgan fingerprint density at radius 1 is 1.33 bits per heavy atom. The van der Waals surface area contributed by atoms with Gasteiger partial charge in [-0.15, -0.1) is 0 Å². The maximum atomic E-state index is 11.6. The first-order valence-electron chi connectivity index (χ1n) is 5.47. The quantitative estimate of drug-likeness (QED) is 0.628. The summed E-state index contributed by atoms with van der Waals surface area (Å²) in [5.41, 5.74) is 4.12. The molecule has 0 radical (unpaired) electrons. The molecule has 0 saturated carbocycles. The Balaban J connectivity index is 2.86. The van der Waals surface area contributed by atoms with Crippen LogP contribution < -0.4 is 10.2 Å². The number of fused-ring (bicyclic) bond motifs is 1. The van der Waals surface area contributed by atoms with Crippen molar-refractivity contribution >= 4 is 16.8 Å². The first-order chi connectivity index (χ1) is 8.56. The minimum Gasteiger partial charge on any atom is -0.496 e. The lowest BCUT2D eigenvalue weighted by atomic mass is 10.0. The van der Waals surface area contributed by atoms with Crippen molar-refractivity contribution in [3.63, 3.8) is 0 Å². The highest BCUT2D eigenvalue weighted by Crippen LogP contribution is 2.28. The monoisotopic (exact) mass is 246 g/mol. The summed E-state index contributed by atoms with van der Waals surface area (Å²) in [6.07, 6.45) is 0. The fourth-order valence-corrected chi connectivity index (χ4v) is 1.97. The van der Waals surface area contributed by atoms with Gasteiger partial charge in [0.1, 0.15) is 5.75 Å². The first-order valence-corrected chi connectivity index (χ1v) is 5.47. The van der Waals surface area contributed by atoms with Crippen LogP contribution in [0.1, 0.15) is 21.6 Å². The molecule has 5 nitrogen and oxygen atoms in total.